The van der Waals surface area contributed by atoms with E-state index in [0.29, 0.717) is 24.1 Å². The van der Waals surface area contributed by atoms with Crippen molar-refractivity contribution < 1.29 is 19.5 Å². The van der Waals surface area contributed by atoms with Gasteiger partial charge in [0.25, 0.3) is 0 Å². The molecule has 228 valence electrons. The molecule has 0 saturated heterocycles. The zero-order valence-corrected chi connectivity index (χ0v) is 27.9. The van der Waals surface area contributed by atoms with Gasteiger partial charge in [-0.15, -0.1) is 12.4 Å². The largest absolute Gasteiger partial charge is 0.481 e. The summed E-state index contributed by atoms with van der Waals surface area (Å²) in [5.74, 6) is -2.68. The molecule has 1 atom stereocenters. The fraction of sp³-hybridized carbons (Fsp3) is 0.545. The summed E-state index contributed by atoms with van der Waals surface area (Å²) in [6.45, 7) is 8.84. The van der Waals surface area contributed by atoms with E-state index in [0.717, 1.165) is 23.1 Å². The summed E-state index contributed by atoms with van der Waals surface area (Å²) in [5, 5.41) is 12.1. The second-order valence-electron chi connectivity index (χ2n) is 10.9. The number of carbonyl (C=O) groups is 3. The number of hydrogen-bond acceptors (Lipinski definition) is 4. The number of carboxylic acids is 1. The lowest BCUT2D eigenvalue weighted by molar-refractivity contribution is -0.145. The van der Waals surface area contributed by atoms with E-state index in [2.05, 4.69) is 38.2 Å². The first kappa shape index (κ1) is 37.1. The molecule has 1 amide bonds. The summed E-state index contributed by atoms with van der Waals surface area (Å²) >= 11 is 1.16. The molecule has 0 heterocycles. The van der Waals surface area contributed by atoms with Crippen LogP contribution >= 0.6 is 31.4 Å². The summed E-state index contributed by atoms with van der Waals surface area (Å²) in [6.07, 6.45) is 14.9. The monoisotopic (exact) mass is 622 g/mol. The third-order valence-electron chi connectivity index (χ3n) is 7.46. The number of carbonyl (C=O) groups excluding carboxylic acids is 2. The first-order valence-electron chi connectivity index (χ1n) is 15.1. The van der Waals surface area contributed by atoms with E-state index in [1.54, 1.807) is 24.3 Å². The Morgan fingerprint density at radius 2 is 1.29 bits per heavy atom. The molecule has 2 aromatic carbocycles. The van der Waals surface area contributed by atoms with Crippen LogP contribution in [0.5, 0.6) is 0 Å². The first-order chi connectivity index (χ1) is 19.3. The normalized spacial score (nSPS) is 11.9. The van der Waals surface area contributed by atoms with Crippen molar-refractivity contribution in [3.63, 3.8) is 0 Å². The van der Waals surface area contributed by atoms with Gasteiger partial charge in [0.2, 0.25) is 11.0 Å². The van der Waals surface area contributed by atoms with Crippen molar-refractivity contribution in [1.29, 1.82) is 0 Å². The zero-order chi connectivity index (χ0) is 29.4. The number of hydrogen-bond donors (Lipinski definition) is 2. The third-order valence-corrected chi connectivity index (χ3v) is 13.2. The average Bonchev–Trinajstić information content (AvgIpc) is 2.95. The molecule has 41 heavy (non-hydrogen) atoms. The maximum Gasteiger partial charge on any atom is 0.316 e. The van der Waals surface area contributed by atoms with Crippen molar-refractivity contribution in [2.45, 2.75) is 96.5 Å². The lowest BCUT2D eigenvalue weighted by atomic mass is 10.0. The number of unbranched alkanes of at least 4 members (excludes halogenated alkanes) is 4. The summed E-state index contributed by atoms with van der Waals surface area (Å²) in [4.78, 5) is 37.7. The van der Waals surface area contributed by atoms with Crippen LogP contribution in [0.3, 0.4) is 0 Å². The fourth-order valence-corrected chi connectivity index (χ4v) is 10.8. The van der Waals surface area contributed by atoms with Gasteiger partial charge in [-0.2, -0.15) is 0 Å². The number of carboxylic acid groups (broad SMARTS) is 1. The predicted molar refractivity (Wildman–Crippen MR) is 180 cm³/mol. The highest BCUT2D eigenvalue weighted by Gasteiger charge is 2.35. The number of anilines is 1. The number of thioether (sulfide) groups is 1. The number of aliphatic carboxylic acids is 1. The van der Waals surface area contributed by atoms with Crippen molar-refractivity contribution in [2.75, 3.05) is 23.8 Å². The lowest BCUT2D eigenvalue weighted by Gasteiger charge is -2.28. The van der Waals surface area contributed by atoms with Gasteiger partial charge in [-0.3, -0.25) is 14.4 Å². The third kappa shape index (κ3) is 12.9. The Balaban J connectivity index is 0.00000840. The molecule has 0 aliphatic carbocycles. The molecule has 2 N–H and O–H groups in total. The van der Waals surface area contributed by atoms with E-state index >= 15 is 0 Å². The molecule has 0 aliphatic heterocycles. The molecule has 0 aromatic heterocycles. The standard InChI is InChI=1S/C33H48NO4PS.ClH/c1-5-9-13-30(32(36)37)31(35)34-28-18-20-29(21-19-28)40-33(38)27-16-14-26(15-17-27)25-39(22-10-6-2,23-11-7-3)24-12-8-4;/h14-21,30H,5-13,22-25H2,1-4H3,(H-,34,35,36,37);1H/p+1. The minimum Gasteiger partial charge on any atom is -0.481 e. The molecule has 0 radical (unpaired) electrons. The van der Waals surface area contributed by atoms with E-state index in [1.165, 1.54) is 68.7 Å². The van der Waals surface area contributed by atoms with Crippen molar-refractivity contribution >= 4 is 54.1 Å². The van der Waals surface area contributed by atoms with Gasteiger partial charge in [0.05, 0.1) is 24.6 Å². The molecule has 5 nitrogen and oxygen atoms in total. The molecule has 2 aromatic rings. The quantitative estimate of drug-likeness (QED) is 0.0925. The highest BCUT2D eigenvalue weighted by atomic mass is 35.5. The van der Waals surface area contributed by atoms with Crippen LogP contribution in [0.2, 0.25) is 0 Å². The molecule has 2 rings (SSSR count). The van der Waals surface area contributed by atoms with Crippen LogP contribution in [0, 0.1) is 5.92 Å². The van der Waals surface area contributed by atoms with E-state index in [-0.39, 0.29) is 17.5 Å². The van der Waals surface area contributed by atoms with E-state index in [1.807, 2.05) is 19.1 Å². The molecular weight excluding hydrogens is 573 g/mol. The van der Waals surface area contributed by atoms with E-state index in [9.17, 15) is 19.5 Å². The zero-order valence-electron chi connectivity index (χ0n) is 25.3. The number of amides is 1. The molecule has 8 heteroatoms. The second kappa shape index (κ2) is 20.1. The Hall–Kier alpha value is -1.88. The van der Waals surface area contributed by atoms with Crippen LogP contribution in [0.1, 0.15) is 101 Å². The van der Waals surface area contributed by atoms with Crippen LogP contribution in [0.4, 0.5) is 5.69 Å². The Morgan fingerprint density at radius 1 is 0.780 bits per heavy atom. The van der Waals surface area contributed by atoms with Gasteiger partial charge >= 0.3 is 5.97 Å². The van der Waals surface area contributed by atoms with Gasteiger partial charge < -0.3 is 10.4 Å². The molecule has 0 fully saturated rings. The van der Waals surface area contributed by atoms with Crippen LogP contribution in [0.25, 0.3) is 0 Å². The van der Waals surface area contributed by atoms with Gasteiger partial charge in [0.1, 0.15) is 5.92 Å². The Kier molecular flexibility index (Phi) is 18.2. The van der Waals surface area contributed by atoms with E-state index < -0.39 is 25.1 Å². The molecule has 0 spiro atoms. The summed E-state index contributed by atoms with van der Waals surface area (Å²) in [7, 11) is -1.05. The van der Waals surface area contributed by atoms with Gasteiger partial charge in [0.15, 0.2) is 0 Å². The van der Waals surface area contributed by atoms with Gasteiger partial charge in [0, 0.05) is 23.4 Å². The Bertz CT molecular complexity index is 1040. The molecular formula is C33H50ClNO4PS+. The molecule has 0 bridgehead atoms. The van der Waals surface area contributed by atoms with Crippen LogP contribution < -0.4 is 5.32 Å². The predicted octanol–water partition coefficient (Wildman–Crippen LogP) is 9.79. The van der Waals surface area contributed by atoms with Gasteiger partial charge in [-0.05, 0) is 67.3 Å². The summed E-state index contributed by atoms with van der Waals surface area (Å²) < 4.78 is 0. The highest BCUT2D eigenvalue weighted by molar-refractivity contribution is 8.14. The maximum absolute atomic E-state index is 13.0. The molecule has 0 saturated carbocycles. The lowest BCUT2D eigenvalue weighted by Crippen LogP contribution is -2.29. The summed E-state index contributed by atoms with van der Waals surface area (Å²) in [6, 6.07) is 15.2. The summed E-state index contributed by atoms with van der Waals surface area (Å²) in [5.41, 5.74) is 2.57. The smallest absolute Gasteiger partial charge is 0.316 e. The van der Waals surface area contributed by atoms with Gasteiger partial charge in [-0.25, -0.2) is 0 Å². The van der Waals surface area contributed by atoms with Crippen molar-refractivity contribution in [3.8, 4) is 0 Å². The van der Waals surface area contributed by atoms with Crippen molar-refractivity contribution in [3.05, 3.63) is 59.7 Å². The molecule has 1 unspecified atom stereocenters. The number of benzene rings is 2. The minimum atomic E-state index is -1.11. The topological polar surface area (TPSA) is 83.5 Å². The maximum atomic E-state index is 13.0. The number of rotatable bonds is 19. The van der Waals surface area contributed by atoms with Crippen molar-refractivity contribution in [2.24, 2.45) is 5.92 Å². The number of nitrogens with one attached hydrogen (secondary N) is 1. The fourth-order valence-electron chi connectivity index (χ4n) is 4.96. The minimum absolute atomic E-state index is 0. The second-order valence-corrected chi connectivity index (χ2v) is 16.3. The Morgan fingerprint density at radius 3 is 1.76 bits per heavy atom. The van der Waals surface area contributed by atoms with E-state index in [4.69, 9.17) is 0 Å². The van der Waals surface area contributed by atoms with Crippen molar-refractivity contribution in [1.82, 2.24) is 0 Å². The van der Waals surface area contributed by atoms with Crippen LogP contribution in [-0.4, -0.2) is 40.6 Å². The average molecular weight is 623 g/mol. The first-order valence-corrected chi connectivity index (χ1v) is 18.4. The van der Waals surface area contributed by atoms with Crippen LogP contribution in [0.15, 0.2) is 53.4 Å². The highest BCUT2D eigenvalue weighted by Crippen LogP contribution is 2.63. The van der Waals surface area contributed by atoms with Crippen LogP contribution in [-0.2, 0) is 15.8 Å². The number of halogens is 1. The Labute approximate surface area is 258 Å². The molecule has 0 aliphatic rings. The SMILES string of the molecule is CCCCC(C(=O)O)C(=O)Nc1ccc(SC(=O)c2ccc(C[P+](CCCC)(CCCC)CCCC)cc2)cc1.Cl. The van der Waals surface area contributed by atoms with Gasteiger partial charge in [-0.1, -0.05) is 84.1 Å².